The van der Waals surface area contributed by atoms with Crippen LogP contribution >= 0.6 is 0 Å². The average Bonchev–Trinajstić information content (AvgIpc) is 2.31. The molecule has 0 N–H and O–H groups in total. The number of hydrogen-bond donors (Lipinski definition) is 0. The molecule has 12 heavy (non-hydrogen) atoms. The Morgan fingerprint density at radius 2 is 1.92 bits per heavy atom. The van der Waals surface area contributed by atoms with Crippen LogP contribution in [-0.4, -0.2) is 37.2 Å². The Kier molecular flexibility index (Phi) is 2.37. The van der Waals surface area contributed by atoms with Crippen LogP contribution in [0.4, 0.5) is 0 Å². The van der Waals surface area contributed by atoms with Crippen molar-refractivity contribution in [1.82, 2.24) is 4.90 Å². The third-order valence-electron chi connectivity index (χ3n) is 3.44. The number of ether oxygens (including phenoxy) is 1. The molecule has 0 bridgehead atoms. The quantitative estimate of drug-likeness (QED) is 0.621. The van der Waals surface area contributed by atoms with E-state index in [1.54, 1.807) is 0 Å². The minimum atomic E-state index is 0.722. The first-order valence-corrected chi connectivity index (χ1v) is 5.07. The van der Waals surface area contributed by atoms with Crippen LogP contribution in [0.5, 0.6) is 0 Å². The molecule has 2 unspecified atom stereocenters. The Labute approximate surface area is 74.9 Å². The molecule has 0 aromatic rings. The highest BCUT2D eigenvalue weighted by Gasteiger charge is 2.32. The lowest BCUT2D eigenvalue weighted by Gasteiger charge is -2.38. The van der Waals surface area contributed by atoms with Gasteiger partial charge in [0.1, 0.15) is 0 Å². The van der Waals surface area contributed by atoms with Crippen molar-refractivity contribution in [1.29, 1.82) is 0 Å². The van der Waals surface area contributed by atoms with E-state index < -0.39 is 0 Å². The normalized spacial score (nSPS) is 37.2. The van der Waals surface area contributed by atoms with Gasteiger partial charge in [0.2, 0.25) is 0 Å². The lowest BCUT2D eigenvalue weighted by atomic mass is 10.1. The van der Waals surface area contributed by atoms with E-state index in [9.17, 15) is 0 Å². The molecule has 2 aliphatic rings. The van der Waals surface area contributed by atoms with E-state index in [2.05, 4.69) is 18.9 Å². The molecule has 1 aliphatic carbocycles. The standard InChI is InChI=1S/C10H19NO/c1-8-3-4-9(5-8)11(2)10-6-12-7-10/h8-10H,3-7H2,1-2H3. The Hall–Kier alpha value is -0.0800. The summed E-state index contributed by atoms with van der Waals surface area (Å²) in [6.07, 6.45) is 4.21. The summed E-state index contributed by atoms with van der Waals surface area (Å²) in [5, 5.41) is 0. The van der Waals surface area contributed by atoms with Crippen LogP contribution in [0, 0.1) is 5.92 Å². The predicted octanol–water partition coefficient (Wildman–Crippen LogP) is 1.51. The highest BCUT2D eigenvalue weighted by molar-refractivity contribution is 4.85. The van der Waals surface area contributed by atoms with Crippen molar-refractivity contribution in [2.24, 2.45) is 5.92 Å². The highest BCUT2D eigenvalue weighted by Crippen LogP contribution is 2.30. The lowest BCUT2D eigenvalue weighted by Crippen LogP contribution is -2.50. The van der Waals surface area contributed by atoms with Gasteiger partial charge >= 0.3 is 0 Å². The molecule has 70 valence electrons. The fourth-order valence-corrected chi connectivity index (χ4v) is 2.30. The van der Waals surface area contributed by atoms with Crippen molar-refractivity contribution in [3.05, 3.63) is 0 Å². The van der Waals surface area contributed by atoms with Gasteiger partial charge in [-0.2, -0.15) is 0 Å². The maximum atomic E-state index is 5.20. The zero-order valence-corrected chi connectivity index (χ0v) is 8.12. The van der Waals surface area contributed by atoms with Crippen molar-refractivity contribution < 1.29 is 4.74 Å². The number of nitrogens with zero attached hydrogens (tertiary/aromatic N) is 1. The van der Waals surface area contributed by atoms with Gasteiger partial charge in [0.25, 0.3) is 0 Å². The average molecular weight is 169 g/mol. The third kappa shape index (κ3) is 1.50. The van der Waals surface area contributed by atoms with Gasteiger partial charge in [0.05, 0.1) is 19.3 Å². The van der Waals surface area contributed by atoms with E-state index in [0.29, 0.717) is 0 Å². The summed E-state index contributed by atoms with van der Waals surface area (Å²) in [4.78, 5) is 2.53. The number of hydrogen-bond acceptors (Lipinski definition) is 2. The summed E-state index contributed by atoms with van der Waals surface area (Å²) in [6.45, 7) is 4.29. The molecule has 0 amide bonds. The summed E-state index contributed by atoms with van der Waals surface area (Å²) >= 11 is 0. The molecule has 0 spiro atoms. The molecule has 1 heterocycles. The van der Waals surface area contributed by atoms with E-state index in [4.69, 9.17) is 4.74 Å². The van der Waals surface area contributed by atoms with Crippen LogP contribution in [0.25, 0.3) is 0 Å². The van der Waals surface area contributed by atoms with Crippen LogP contribution < -0.4 is 0 Å². The molecule has 0 aromatic heterocycles. The molecule has 0 radical (unpaired) electrons. The second kappa shape index (κ2) is 3.35. The molecule has 1 saturated carbocycles. The summed E-state index contributed by atoms with van der Waals surface area (Å²) in [7, 11) is 2.26. The minimum absolute atomic E-state index is 0.722. The maximum absolute atomic E-state index is 5.20. The van der Waals surface area contributed by atoms with Gasteiger partial charge in [-0.1, -0.05) is 6.92 Å². The van der Waals surface area contributed by atoms with Gasteiger partial charge in [-0.15, -0.1) is 0 Å². The Balaban J connectivity index is 1.83. The van der Waals surface area contributed by atoms with Crippen molar-refractivity contribution in [3.8, 4) is 0 Å². The lowest BCUT2D eigenvalue weighted by molar-refractivity contribution is -0.0688. The molecule has 2 fully saturated rings. The van der Waals surface area contributed by atoms with Gasteiger partial charge < -0.3 is 4.74 Å². The second-order valence-electron chi connectivity index (χ2n) is 4.43. The third-order valence-corrected chi connectivity index (χ3v) is 3.44. The van der Waals surface area contributed by atoms with Crippen molar-refractivity contribution in [2.45, 2.75) is 38.3 Å². The monoisotopic (exact) mass is 169 g/mol. The first kappa shape index (κ1) is 8.52. The highest BCUT2D eigenvalue weighted by atomic mass is 16.5. The molecule has 2 heteroatoms. The summed E-state index contributed by atoms with van der Waals surface area (Å²) in [5.41, 5.74) is 0. The van der Waals surface area contributed by atoms with Crippen LogP contribution in [0.1, 0.15) is 26.2 Å². The number of rotatable bonds is 2. The van der Waals surface area contributed by atoms with Gasteiger partial charge in [-0.25, -0.2) is 0 Å². The summed E-state index contributed by atoms with van der Waals surface area (Å²) < 4.78 is 5.20. The van der Waals surface area contributed by atoms with E-state index in [0.717, 1.165) is 31.2 Å². The molecule has 1 aliphatic heterocycles. The molecule has 1 saturated heterocycles. The Morgan fingerprint density at radius 3 is 2.33 bits per heavy atom. The molecule has 0 aromatic carbocycles. The number of likely N-dealkylation sites (N-methyl/N-ethyl adjacent to an activating group) is 1. The first-order valence-electron chi connectivity index (χ1n) is 5.07. The topological polar surface area (TPSA) is 12.5 Å². The largest absolute Gasteiger partial charge is 0.378 e. The van der Waals surface area contributed by atoms with Gasteiger partial charge in [-0.3, -0.25) is 4.90 Å². The van der Waals surface area contributed by atoms with Crippen LogP contribution in [0.3, 0.4) is 0 Å². The second-order valence-corrected chi connectivity index (χ2v) is 4.43. The maximum Gasteiger partial charge on any atom is 0.0645 e. The Bertz CT molecular complexity index is 156. The summed E-state index contributed by atoms with van der Waals surface area (Å²) in [6, 6.07) is 1.56. The van der Waals surface area contributed by atoms with E-state index in [1.807, 2.05) is 0 Å². The minimum Gasteiger partial charge on any atom is -0.378 e. The smallest absolute Gasteiger partial charge is 0.0645 e. The molecular formula is C10H19NO. The molecular weight excluding hydrogens is 150 g/mol. The van der Waals surface area contributed by atoms with Gasteiger partial charge in [0, 0.05) is 6.04 Å². The summed E-state index contributed by atoms with van der Waals surface area (Å²) in [5.74, 6) is 0.943. The van der Waals surface area contributed by atoms with Crippen LogP contribution in [0.2, 0.25) is 0 Å². The first-order chi connectivity index (χ1) is 5.77. The van der Waals surface area contributed by atoms with Crippen LogP contribution in [-0.2, 0) is 4.74 Å². The van der Waals surface area contributed by atoms with Crippen molar-refractivity contribution in [3.63, 3.8) is 0 Å². The van der Waals surface area contributed by atoms with Gasteiger partial charge in [-0.05, 0) is 32.2 Å². The zero-order valence-electron chi connectivity index (χ0n) is 8.12. The van der Waals surface area contributed by atoms with Crippen molar-refractivity contribution >= 4 is 0 Å². The molecule has 2 atom stereocenters. The predicted molar refractivity (Wildman–Crippen MR) is 49.2 cm³/mol. The van der Waals surface area contributed by atoms with Crippen LogP contribution in [0.15, 0.2) is 0 Å². The fraction of sp³-hybridized carbons (Fsp3) is 1.00. The van der Waals surface area contributed by atoms with Gasteiger partial charge in [0.15, 0.2) is 0 Å². The van der Waals surface area contributed by atoms with E-state index >= 15 is 0 Å². The Morgan fingerprint density at radius 1 is 1.17 bits per heavy atom. The molecule has 2 nitrogen and oxygen atoms in total. The molecule has 2 rings (SSSR count). The van der Waals surface area contributed by atoms with E-state index in [1.165, 1.54) is 19.3 Å². The zero-order chi connectivity index (χ0) is 8.55. The van der Waals surface area contributed by atoms with E-state index in [-0.39, 0.29) is 0 Å². The van der Waals surface area contributed by atoms with Crippen molar-refractivity contribution in [2.75, 3.05) is 20.3 Å². The SMILES string of the molecule is CC1CCC(N(C)C2COC2)C1. The fourth-order valence-electron chi connectivity index (χ4n) is 2.30.